The van der Waals surface area contributed by atoms with Gasteiger partial charge in [0.05, 0.1) is 11.7 Å². The second-order valence-corrected chi connectivity index (χ2v) is 4.88. The molecule has 1 aromatic rings. The lowest BCUT2D eigenvalue weighted by Crippen LogP contribution is -2.46. The lowest BCUT2D eigenvalue weighted by molar-refractivity contribution is -0.125. The van der Waals surface area contributed by atoms with Crippen LogP contribution in [0.5, 0.6) is 0 Å². The Balaban J connectivity index is 0.00000361. The number of amides is 1. The molecule has 0 bridgehead atoms. The number of carbonyl (C=O) groups excluding carboxylic acids is 1. The van der Waals surface area contributed by atoms with E-state index in [0.717, 1.165) is 12.3 Å². The fourth-order valence-corrected chi connectivity index (χ4v) is 1.29. The van der Waals surface area contributed by atoms with Crippen LogP contribution < -0.4 is 16.4 Å². The summed E-state index contributed by atoms with van der Waals surface area (Å²) in [5.41, 5.74) is 4.70. The number of aliphatic imine (C=N–C) groups is 1. The summed E-state index contributed by atoms with van der Waals surface area (Å²) in [6.45, 7) is 7.16. The fraction of sp³-hybridized carbons (Fsp3) is 0.538. The van der Waals surface area contributed by atoms with Crippen molar-refractivity contribution < 1.29 is 9.21 Å². The van der Waals surface area contributed by atoms with Crippen molar-refractivity contribution in [2.75, 3.05) is 13.1 Å². The minimum absolute atomic E-state index is 0. The van der Waals surface area contributed by atoms with Gasteiger partial charge >= 0.3 is 0 Å². The molecule has 0 saturated carbocycles. The van der Waals surface area contributed by atoms with Crippen molar-refractivity contribution in [1.82, 2.24) is 10.6 Å². The summed E-state index contributed by atoms with van der Waals surface area (Å²) < 4.78 is 5.21. The molecule has 20 heavy (non-hydrogen) atoms. The summed E-state index contributed by atoms with van der Waals surface area (Å²) in [5.74, 6) is 1.07. The van der Waals surface area contributed by atoms with E-state index >= 15 is 0 Å². The molecule has 4 N–H and O–H groups in total. The number of hydrogen-bond donors (Lipinski definition) is 3. The molecule has 0 unspecified atom stereocenters. The second kappa shape index (κ2) is 8.83. The minimum Gasteiger partial charge on any atom is -0.467 e. The van der Waals surface area contributed by atoms with E-state index in [2.05, 4.69) is 15.6 Å². The number of furan rings is 1. The van der Waals surface area contributed by atoms with E-state index < -0.39 is 5.41 Å². The van der Waals surface area contributed by atoms with Gasteiger partial charge in [0.25, 0.3) is 0 Å². The fourth-order valence-electron chi connectivity index (χ4n) is 1.29. The maximum Gasteiger partial charge on any atom is 0.224 e. The van der Waals surface area contributed by atoms with Gasteiger partial charge in [-0.05, 0) is 32.9 Å². The Hall–Kier alpha value is -1.25. The molecule has 0 radical (unpaired) electrons. The van der Waals surface area contributed by atoms with Gasteiger partial charge in [-0.25, -0.2) is 4.99 Å². The van der Waals surface area contributed by atoms with E-state index in [9.17, 15) is 4.79 Å². The first kappa shape index (κ1) is 18.8. The molecule has 0 spiro atoms. The SMILES string of the molecule is CCNC(=NCc1ccco1)NCC(C)(C)C(N)=O.I. The molecule has 0 aliphatic carbocycles. The van der Waals surface area contributed by atoms with E-state index in [1.807, 2.05) is 19.1 Å². The zero-order valence-corrected chi connectivity index (χ0v) is 14.4. The van der Waals surface area contributed by atoms with Crippen molar-refractivity contribution in [3.8, 4) is 0 Å². The molecule has 0 aromatic carbocycles. The van der Waals surface area contributed by atoms with Crippen LogP contribution >= 0.6 is 24.0 Å². The highest BCUT2D eigenvalue weighted by atomic mass is 127. The minimum atomic E-state index is -0.624. The Kier molecular flexibility index (Phi) is 8.28. The number of carbonyl (C=O) groups is 1. The summed E-state index contributed by atoms with van der Waals surface area (Å²) >= 11 is 0. The molecule has 0 aliphatic heterocycles. The van der Waals surface area contributed by atoms with Crippen LogP contribution in [0.4, 0.5) is 0 Å². The predicted octanol–water partition coefficient (Wildman–Crippen LogP) is 1.46. The zero-order valence-electron chi connectivity index (χ0n) is 12.1. The maximum absolute atomic E-state index is 11.2. The third-order valence-electron chi connectivity index (χ3n) is 2.68. The number of primary amides is 1. The third-order valence-corrected chi connectivity index (χ3v) is 2.68. The number of guanidine groups is 1. The molecule has 0 aliphatic rings. The average Bonchev–Trinajstić information content (AvgIpc) is 2.85. The van der Waals surface area contributed by atoms with Crippen LogP contribution in [0.1, 0.15) is 26.5 Å². The van der Waals surface area contributed by atoms with Crippen LogP contribution in [-0.2, 0) is 11.3 Å². The maximum atomic E-state index is 11.2. The van der Waals surface area contributed by atoms with Gasteiger partial charge < -0.3 is 20.8 Å². The van der Waals surface area contributed by atoms with Crippen LogP contribution in [0, 0.1) is 5.41 Å². The number of rotatable bonds is 6. The Bertz CT molecular complexity index is 430. The molecule has 6 nitrogen and oxygen atoms in total. The predicted molar refractivity (Wildman–Crippen MR) is 89.9 cm³/mol. The first-order chi connectivity index (χ1) is 8.95. The first-order valence-corrected chi connectivity index (χ1v) is 6.30. The average molecular weight is 394 g/mol. The van der Waals surface area contributed by atoms with E-state index in [-0.39, 0.29) is 29.9 Å². The molecule has 1 amide bonds. The van der Waals surface area contributed by atoms with Crippen molar-refractivity contribution in [3.05, 3.63) is 24.2 Å². The van der Waals surface area contributed by atoms with Gasteiger partial charge in [0.15, 0.2) is 5.96 Å². The molecule has 114 valence electrons. The molecule has 0 saturated heterocycles. The summed E-state index contributed by atoms with van der Waals surface area (Å²) in [4.78, 5) is 15.6. The molecule has 0 atom stereocenters. The number of nitrogens with two attached hydrogens (primary N) is 1. The van der Waals surface area contributed by atoms with Gasteiger partial charge in [-0.15, -0.1) is 24.0 Å². The second-order valence-electron chi connectivity index (χ2n) is 4.88. The van der Waals surface area contributed by atoms with Crippen molar-refractivity contribution in [3.63, 3.8) is 0 Å². The molecular formula is C13H23IN4O2. The van der Waals surface area contributed by atoms with Crippen LogP contribution in [-0.4, -0.2) is 25.0 Å². The van der Waals surface area contributed by atoms with E-state index in [1.54, 1.807) is 20.1 Å². The highest BCUT2D eigenvalue weighted by molar-refractivity contribution is 14.0. The van der Waals surface area contributed by atoms with Gasteiger partial charge in [0.1, 0.15) is 12.3 Å². The van der Waals surface area contributed by atoms with Crippen molar-refractivity contribution in [2.45, 2.75) is 27.3 Å². The van der Waals surface area contributed by atoms with Crippen molar-refractivity contribution in [2.24, 2.45) is 16.1 Å². The monoisotopic (exact) mass is 394 g/mol. The largest absolute Gasteiger partial charge is 0.467 e. The lowest BCUT2D eigenvalue weighted by Gasteiger charge is -2.22. The molecule has 0 fully saturated rings. The Labute approximate surface area is 136 Å². The number of nitrogens with zero attached hydrogens (tertiary/aromatic N) is 1. The van der Waals surface area contributed by atoms with Crippen LogP contribution in [0.3, 0.4) is 0 Å². The Morgan fingerprint density at radius 3 is 2.65 bits per heavy atom. The first-order valence-electron chi connectivity index (χ1n) is 6.30. The third kappa shape index (κ3) is 6.27. The Morgan fingerprint density at radius 1 is 1.45 bits per heavy atom. The zero-order chi connectivity index (χ0) is 14.3. The van der Waals surface area contributed by atoms with E-state index in [1.165, 1.54) is 0 Å². The van der Waals surface area contributed by atoms with Gasteiger partial charge in [0.2, 0.25) is 5.91 Å². The van der Waals surface area contributed by atoms with Crippen LogP contribution in [0.25, 0.3) is 0 Å². The molecular weight excluding hydrogens is 371 g/mol. The van der Waals surface area contributed by atoms with Gasteiger partial charge in [-0.3, -0.25) is 4.79 Å². The van der Waals surface area contributed by atoms with Crippen molar-refractivity contribution in [1.29, 1.82) is 0 Å². The summed E-state index contributed by atoms with van der Waals surface area (Å²) in [5, 5.41) is 6.20. The number of hydrogen-bond acceptors (Lipinski definition) is 3. The standard InChI is InChI=1S/C13H22N4O2.HI/c1-4-15-12(16-8-10-6-5-7-19-10)17-9-13(2,3)11(14)18;/h5-7H,4,8-9H2,1-3H3,(H2,14,18)(H2,15,16,17);1H. The van der Waals surface area contributed by atoms with E-state index in [0.29, 0.717) is 19.0 Å². The van der Waals surface area contributed by atoms with Crippen molar-refractivity contribution >= 4 is 35.8 Å². The Morgan fingerprint density at radius 2 is 2.15 bits per heavy atom. The van der Waals surface area contributed by atoms with Gasteiger partial charge in [-0.1, -0.05) is 0 Å². The van der Waals surface area contributed by atoms with Gasteiger partial charge in [-0.2, -0.15) is 0 Å². The highest BCUT2D eigenvalue weighted by Crippen LogP contribution is 2.11. The summed E-state index contributed by atoms with van der Waals surface area (Å²) in [6.07, 6.45) is 1.61. The van der Waals surface area contributed by atoms with Crippen LogP contribution in [0.15, 0.2) is 27.8 Å². The summed E-state index contributed by atoms with van der Waals surface area (Å²) in [7, 11) is 0. The molecule has 1 aromatic heterocycles. The smallest absolute Gasteiger partial charge is 0.224 e. The topological polar surface area (TPSA) is 92.7 Å². The molecule has 7 heteroatoms. The highest BCUT2D eigenvalue weighted by Gasteiger charge is 2.24. The molecule has 1 heterocycles. The quantitative estimate of drug-likeness (QED) is 0.387. The van der Waals surface area contributed by atoms with Crippen LogP contribution in [0.2, 0.25) is 0 Å². The van der Waals surface area contributed by atoms with Gasteiger partial charge in [0, 0.05) is 13.1 Å². The number of nitrogens with one attached hydrogen (secondary N) is 2. The number of halogens is 1. The summed E-state index contributed by atoms with van der Waals surface area (Å²) in [6, 6.07) is 3.68. The van der Waals surface area contributed by atoms with E-state index in [4.69, 9.17) is 10.2 Å². The molecule has 1 rings (SSSR count). The normalized spacial score (nSPS) is 11.7. The lowest BCUT2D eigenvalue weighted by atomic mass is 9.93.